The van der Waals surface area contributed by atoms with Gasteiger partial charge in [0, 0.05) is 0 Å². The van der Waals surface area contributed by atoms with Crippen LogP contribution in [0.2, 0.25) is 0 Å². The van der Waals surface area contributed by atoms with Gasteiger partial charge in [0.05, 0.1) is 12.6 Å². The minimum atomic E-state index is -0.357. The smallest absolute Gasteiger partial charge is 0.114 e. The van der Waals surface area contributed by atoms with Crippen LogP contribution in [0.3, 0.4) is 0 Å². The molecule has 1 aliphatic rings. The Morgan fingerprint density at radius 1 is 1.24 bits per heavy atom. The highest BCUT2D eigenvalue weighted by Crippen LogP contribution is 2.30. The highest BCUT2D eigenvalue weighted by atomic mass is 19.1. The van der Waals surface area contributed by atoms with Crippen molar-refractivity contribution in [2.24, 2.45) is 0 Å². The van der Waals surface area contributed by atoms with Gasteiger partial charge in [0.25, 0.3) is 0 Å². The third kappa shape index (κ3) is 2.56. The summed E-state index contributed by atoms with van der Waals surface area (Å²) < 4.78 is 13.0. The summed E-state index contributed by atoms with van der Waals surface area (Å²) in [5, 5.41) is 10.6. The molecule has 1 N–H and O–H groups in total. The Balaban J connectivity index is 2.24. The van der Waals surface area contributed by atoms with Crippen molar-refractivity contribution in [3.8, 4) is 0 Å². The standard InChI is InChI=1S/C14H18FNO/c1-14(2,3)11-6-4-10(5-7-11)13-8-12(15)9-16(13)17/h4-8,13,17H,9H2,1-3H3. The lowest BCUT2D eigenvalue weighted by Gasteiger charge is -2.21. The third-order valence-corrected chi connectivity index (χ3v) is 3.09. The van der Waals surface area contributed by atoms with Gasteiger partial charge < -0.3 is 5.21 Å². The predicted molar refractivity (Wildman–Crippen MR) is 65.6 cm³/mol. The van der Waals surface area contributed by atoms with E-state index in [0.29, 0.717) is 0 Å². The van der Waals surface area contributed by atoms with E-state index in [1.54, 1.807) is 0 Å². The van der Waals surface area contributed by atoms with Gasteiger partial charge in [-0.1, -0.05) is 45.0 Å². The second kappa shape index (κ2) is 4.24. The van der Waals surface area contributed by atoms with Crippen molar-refractivity contribution in [1.82, 2.24) is 5.06 Å². The van der Waals surface area contributed by atoms with Gasteiger partial charge in [0.2, 0.25) is 0 Å². The first-order chi connectivity index (χ1) is 7.88. The Kier molecular flexibility index (Phi) is 3.06. The molecule has 2 rings (SSSR count). The Morgan fingerprint density at radius 3 is 2.24 bits per heavy atom. The van der Waals surface area contributed by atoms with Crippen LogP contribution in [0.1, 0.15) is 37.9 Å². The highest BCUT2D eigenvalue weighted by molar-refractivity contribution is 5.32. The van der Waals surface area contributed by atoms with Crippen molar-refractivity contribution < 1.29 is 9.60 Å². The third-order valence-electron chi connectivity index (χ3n) is 3.09. The molecule has 1 heterocycles. The molecule has 0 fully saturated rings. The molecule has 1 aromatic carbocycles. The summed E-state index contributed by atoms with van der Waals surface area (Å²) in [6, 6.07) is 7.61. The minimum absolute atomic E-state index is 0.0221. The van der Waals surface area contributed by atoms with E-state index in [4.69, 9.17) is 0 Å². The maximum atomic E-state index is 13.0. The Labute approximate surface area is 101 Å². The molecule has 1 aromatic rings. The van der Waals surface area contributed by atoms with Gasteiger partial charge in [-0.15, -0.1) is 0 Å². The molecule has 17 heavy (non-hydrogen) atoms. The average molecular weight is 235 g/mol. The number of hydroxylamine groups is 2. The maximum Gasteiger partial charge on any atom is 0.114 e. The van der Waals surface area contributed by atoms with Crippen molar-refractivity contribution in [1.29, 1.82) is 0 Å². The molecule has 1 unspecified atom stereocenters. The van der Waals surface area contributed by atoms with Gasteiger partial charge in [0.15, 0.2) is 0 Å². The predicted octanol–water partition coefficient (Wildman–Crippen LogP) is 3.58. The number of hydrogen-bond acceptors (Lipinski definition) is 2. The van der Waals surface area contributed by atoms with Crippen molar-refractivity contribution in [3.05, 3.63) is 47.3 Å². The quantitative estimate of drug-likeness (QED) is 0.804. The number of halogens is 1. The van der Waals surface area contributed by atoms with Crippen LogP contribution in [-0.2, 0) is 5.41 Å². The largest absolute Gasteiger partial charge is 0.313 e. The summed E-state index contributed by atoms with van der Waals surface area (Å²) in [7, 11) is 0. The Morgan fingerprint density at radius 2 is 1.82 bits per heavy atom. The monoisotopic (exact) mass is 235 g/mol. The van der Waals surface area contributed by atoms with Gasteiger partial charge in [-0.05, 0) is 22.6 Å². The summed E-state index contributed by atoms with van der Waals surface area (Å²) in [6.07, 6.45) is 1.45. The topological polar surface area (TPSA) is 23.5 Å². The van der Waals surface area contributed by atoms with Crippen LogP contribution in [0.25, 0.3) is 0 Å². The zero-order valence-corrected chi connectivity index (χ0v) is 10.4. The van der Waals surface area contributed by atoms with Crippen LogP contribution in [0.4, 0.5) is 4.39 Å². The first kappa shape index (κ1) is 12.3. The molecule has 1 aliphatic heterocycles. The average Bonchev–Trinajstić information content (AvgIpc) is 2.57. The van der Waals surface area contributed by atoms with Crippen molar-refractivity contribution in [2.75, 3.05) is 6.54 Å². The fraction of sp³-hybridized carbons (Fsp3) is 0.429. The molecule has 0 amide bonds. The molecule has 0 aromatic heterocycles. The van der Waals surface area contributed by atoms with Gasteiger partial charge >= 0.3 is 0 Å². The second-order valence-corrected chi connectivity index (χ2v) is 5.53. The molecule has 0 spiro atoms. The lowest BCUT2D eigenvalue weighted by molar-refractivity contribution is -0.0995. The number of nitrogens with zero attached hydrogens (tertiary/aromatic N) is 1. The molecule has 2 nitrogen and oxygen atoms in total. The van der Waals surface area contributed by atoms with Crippen LogP contribution >= 0.6 is 0 Å². The molecule has 0 aliphatic carbocycles. The maximum absolute atomic E-state index is 13.0. The molecule has 0 bridgehead atoms. The van der Waals surface area contributed by atoms with Gasteiger partial charge in [-0.2, -0.15) is 5.06 Å². The lowest BCUT2D eigenvalue weighted by atomic mass is 9.86. The molecular formula is C14H18FNO. The fourth-order valence-corrected chi connectivity index (χ4v) is 2.01. The van der Waals surface area contributed by atoms with Crippen molar-refractivity contribution >= 4 is 0 Å². The molecule has 0 saturated heterocycles. The number of rotatable bonds is 1. The van der Waals surface area contributed by atoms with Crippen LogP contribution in [0.15, 0.2) is 36.2 Å². The molecule has 1 atom stereocenters. The molecule has 0 saturated carbocycles. The van der Waals surface area contributed by atoms with Gasteiger partial charge in [-0.25, -0.2) is 4.39 Å². The van der Waals surface area contributed by atoms with Crippen LogP contribution < -0.4 is 0 Å². The lowest BCUT2D eigenvalue weighted by Crippen LogP contribution is -2.20. The van der Waals surface area contributed by atoms with E-state index in [1.165, 1.54) is 11.6 Å². The molecule has 0 radical (unpaired) electrons. The van der Waals surface area contributed by atoms with Crippen LogP contribution in [-0.4, -0.2) is 16.8 Å². The van der Waals surface area contributed by atoms with Gasteiger partial charge in [0.1, 0.15) is 5.83 Å². The normalized spacial score (nSPS) is 21.7. The van der Waals surface area contributed by atoms with Crippen LogP contribution in [0.5, 0.6) is 0 Å². The Hall–Kier alpha value is -1.19. The number of hydrogen-bond donors (Lipinski definition) is 1. The van der Waals surface area contributed by atoms with Crippen molar-refractivity contribution in [2.45, 2.75) is 32.2 Å². The fourth-order valence-electron chi connectivity index (χ4n) is 2.01. The number of benzene rings is 1. The van der Waals surface area contributed by atoms with Crippen molar-refractivity contribution in [3.63, 3.8) is 0 Å². The summed E-state index contributed by atoms with van der Waals surface area (Å²) in [6.45, 7) is 6.42. The molecule has 3 heteroatoms. The first-order valence-electron chi connectivity index (χ1n) is 5.80. The summed E-state index contributed by atoms with van der Waals surface area (Å²) >= 11 is 0. The summed E-state index contributed by atoms with van der Waals surface area (Å²) in [4.78, 5) is 0. The first-order valence-corrected chi connectivity index (χ1v) is 5.80. The van der Waals surface area contributed by atoms with E-state index in [-0.39, 0.29) is 23.8 Å². The van der Waals surface area contributed by atoms with E-state index in [1.807, 2.05) is 24.3 Å². The van der Waals surface area contributed by atoms with Gasteiger partial charge in [-0.3, -0.25) is 0 Å². The summed E-state index contributed by atoms with van der Waals surface area (Å²) in [5.41, 5.74) is 2.25. The molecular weight excluding hydrogens is 217 g/mol. The SMILES string of the molecule is CC(C)(C)c1ccc(C2C=C(F)CN2O)cc1. The Bertz CT molecular complexity index is 431. The molecule has 92 valence electrons. The summed E-state index contributed by atoms with van der Waals surface area (Å²) in [5.74, 6) is -0.280. The van der Waals surface area contributed by atoms with Crippen LogP contribution in [0, 0.1) is 0 Å². The van der Waals surface area contributed by atoms with E-state index in [0.717, 1.165) is 10.6 Å². The zero-order valence-electron chi connectivity index (χ0n) is 10.4. The van der Waals surface area contributed by atoms with E-state index in [2.05, 4.69) is 20.8 Å². The van der Waals surface area contributed by atoms with E-state index < -0.39 is 0 Å². The van der Waals surface area contributed by atoms with E-state index in [9.17, 15) is 9.60 Å². The minimum Gasteiger partial charge on any atom is -0.313 e. The second-order valence-electron chi connectivity index (χ2n) is 5.53. The van der Waals surface area contributed by atoms with E-state index >= 15 is 0 Å². The highest BCUT2D eigenvalue weighted by Gasteiger charge is 2.25. The zero-order chi connectivity index (χ0) is 12.6.